The number of likely N-dealkylation sites (tertiary alicyclic amines) is 1. The van der Waals surface area contributed by atoms with Crippen molar-refractivity contribution < 1.29 is 0 Å². The van der Waals surface area contributed by atoms with E-state index >= 15 is 0 Å². The van der Waals surface area contributed by atoms with Gasteiger partial charge in [0.1, 0.15) is 5.82 Å². The smallest absolute Gasteiger partial charge is 0.136 e. The Bertz CT molecular complexity index is 1100. The number of nitrogens with zero attached hydrogens (tertiary/aromatic N) is 4. The van der Waals surface area contributed by atoms with E-state index in [0.717, 1.165) is 36.0 Å². The van der Waals surface area contributed by atoms with E-state index in [2.05, 4.69) is 55.1 Å². The number of hydrogen-bond acceptors (Lipinski definition) is 3. The summed E-state index contributed by atoms with van der Waals surface area (Å²) in [4.78, 5) is 7.04. The zero-order valence-corrected chi connectivity index (χ0v) is 17.5. The Hall–Kier alpha value is -2.89. The lowest BCUT2D eigenvalue weighted by molar-refractivity contribution is 0.195. The average Bonchev–Trinajstić information content (AvgIpc) is 3.45. The van der Waals surface area contributed by atoms with Crippen molar-refractivity contribution in [2.24, 2.45) is 0 Å². The number of aromatic nitrogens is 4. The van der Waals surface area contributed by atoms with Gasteiger partial charge in [0.2, 0.25) is 0 Å². The molecule has 0 saturated carbocycles. The number of hydrogen-bond donors (Lipinski definition) is 1. The number of halogens is 1. The summed E-state index contributed by atoms with van der Waals surface area (Å²) >= 11 is 6.07. The van der Waals surface area contributed by atoms with E-state index in [1.807, 2.05) is 42.7 Å². The molecule has 0 spiro atoms. The van der Waals surface area contributed by atoms with E-state index in [-0.39, 0.29) is 0 Å². The van der Waals surface area contributed by atoms with Crippen molar-refractivity contribution in [1.29, 1.82) is 0 Å². The van der Waals surface area contributed by atoms with E-state index < -0.39 is 0 Å². The Labute approximate surface area is 181 Å². The predicted octanol–water partition coefficient (Wildman–Crippen LogP) is 5.30. The van der Waals surface area contributed by atoms with Crippen LogP contribution in [0.1, 0.15) is 30.1 Å². The summed E-state index contributed by atoms with van der Waals surface area (Å²) in [5, 5.41) is 8.40. The average molecular weight is 418 g/mol. The van der Waals surface area contributed by atoms with Crippen LogP contribution in [0, 0.1) is 0 Å². The summed E-state index contributed by atoms with van der Waals surface area (Å²) in [6.45, 7) is 3.02. The lowest BCUT2D eigenvalue weighted by atomic mass is 9.90. The highest BCUT2D eigenvalue weighted by Crippen LogP contribution is 2.34. The normalized spacial score (nSPS) is 17.3. The summed E-state index contributed by atoms with van der Waals surface area (Å²) < 4.78 is 2.18. The van der Waals surface area contributed by atoms with Crippen molar-refractivity contribution in [3.8, 4) is 16.9 Å². The maximum Gasteiger partial charge on any atom is 0.136 e. The van der Waals surface area contributed by atoms with Crippen molar-refractivity contribution in [3.63, 3.8) is 0 Å². The highest BCUT2D eigenvalue weighted by atomic mass is 35.5. The monoisotopic (exact) mass is 417 g/mol. The summed E-state index contributed by atoms with van der Waals surface area (Å²) in [6.07, 6.45) is 8.21. The maximum atomic E-state index is 6.07. The van der Waals surface area contributed by atoms with Gasteiger partial charge < -0.3 is 4.57 Å². The van der Waals surface area contributed by atoms with Crippen LogP contribution in [0.3, 0.4) is 0 Å². The van der Waals surface area contributed by atoms with E-state index in [4.69, 9.17) is 11.6 Å². The second-order valence-corrected chi connectivity index (χ2v) is 8.27. The molecule has 1 aromatic carbocycles. The molecule has 4 aromatic rings. The minimum atomic E-state index is 0.435. The molecule has 0 bridgehead atoms. The second-order valence-electron chi connectivity index (χ2n) is 7.84. The van der Waals surface area contributed by atoms with E-state index in [1.54, 1.807) is 0 Å². The maximum absolute atomic E-state index is 6.07. The first-order valence-electron chi connectivity index (χ1n) is 10.4. The van der Waals surface area contributed by atoms with Crippen LogP contribution < -0.4 is 0 Å². The van der Waals surface area contributed by atoms with Crippen molar-refractivity contribution in [1.82, 2.24) is 24.6 Å². The molecule has 1 saturated heterocycles. The third-order valence-corrected chi connectivity index (χ3v) is 6.10. The number of aromatic amines is 1. The molecule has 1 fully saturated rings. The van der Waals surface area contributed by atoms with Crippen LogP contribution >= 0.6 is 11.6 Å². The van der Waals surface area contributed by atoms with Crippen molar-refractivity contribution in [3.05, 3.63) is 89.6 Å². The third kappa shape index (κ3) is 3.91. The molecule has 0 unspecified atom stereocenters. The second kappa shape index (κ2) is 8.46. The number of H-pyrrole nitrogens is 1. The molecule has 1 aliphatic heterocycles. The Balaban J connectivity index is 1.34. The van der Waals surface area contributed by atoms with Crippen LogP contribution in [0.2, 0.25) is 5.02 Å². The van der Waals surface area contributed by atoms with Crippen LogP contribution in [-0.4, -0.2) is 37.7 Å². The highest BCUT2D eigenvalue weighted by molar-refractivity contribution is 6.30. The van der Waals surface area contributed by atoms with Gasteiger partial charge in [-0.2, -0.15) is 5.10 Å². The molecule has 1 aliphatic rings. The zero-order chi connectivity index (χ0) is 20.3. The summed E-state index contributed by atoms with van der Waals surface area (Å²) in [6, 6.07) is 18.3. The fourth-order valence-corrected chi connectivity index (χ4v) is 4.52. The lowest BCUT2D eigenvalue weighted by Gasteiger charge is -2.32. The molecule has 4 heterocycles. The predicted molar refractivity (Wildman–Crippen MR) is 120 cm³/mol. The van der Waals surface area contributed by atoms with Gasteiger partial charge in [0.15, 0.2) is 0 Å². The highest BCUT2D eigenvalue weighted by Gasteiger charge is 2.25. The summed E-state index contributed by atoms with van der Waals surface area (Å²) in [5.74, 6) is 1.40. The quantitative estimate of drug-likeness (QED) is 0.479. The van der Waals surface area contributed by atoms with Crippen molar-refractivity contribution in [2.75, 3.05) is 13.1 Å². The van der Waals surface area contributed by atoms with Gasteiger partial charge in [0.05, 0.1) is 6.20 Å². The summed E-state index contributed by atoms with van der Waals surface area (Å²) in [7, 11) is 0. The standard InChI is InChI=1S/C24H24ClN5/c25-20-10-8-18(9-11-20)22-15-27-28-24(22)19-5-3-13-29(16-19)17-21-6-4-14-30(21)23-7-1-2-12-26-23/h1-2,4,6-12,14-15,19H,3,5,13,16-17H2,(H,27,28)/t19-/m1/s1. The van der Waals surface area contributed by atoms with Gasteiger partial charge in [0.25, 0.3) is 0 Å². The van der Waals surface area contributed by atoms with Crippen LogP contribution in [0.15, 0.2) is 73.2 Å². The minimum absolute atomic E-state index is 0.435. The number of pyridine rings is 1. The molecule has 152 valence electrons. The Morgan fingerprint density at radius 2 is 1.97 bits per heavy atom. The largest absolute Gasteiger partial charge is 0.304 e. The van der Waals surface area contributed by atoms with Gasteiger partial charge in [-0.15, -0.1) is 0 Å². The van der Waals surface area contributed by atoms with Gasteiger partial charge >= 0.3 is 0 Å². The van der Waals surface area contributed by atoms with Crippen LogP contribution in [0.25, 0.3) is 16.9 Å². The topological polar surface area (TPSA) is 49.7 Å². The lowest BCUT2D eigenvalue weighted by Crippen LogP contribution is -2.34. The minimum Gasteiger partial charge on any atom is -0.304 e. The number of rotatable bonds is 5. The molecule has 0 radical (unpaired) electrons. The summed E-state index contributed by atoms with van der Waals surface area (Å²) in [5.41, 5.74) is 4.82. The molecule has 5 rings (SSSR count). The first kappa shape index (κ1) is 19.1. The van der Waals surface area contributed by atoms with Gasteiger partial charge in [0, 0.05) is 53.4 Å². The first-order chi connectivity index (χ1) is 14.8. The van der Waals surface area contributed by atoms with Crippen molar-refractivity contribution >= 4 is 11.6 Å². The van der Waals surface area contributed by atoms with E-state index in [0.29, 0.717) is 5.92 Å². The molecular formula is C24H24ClN5. The Kier molecular flexibility index (Phi) is 5.39. The fraction of sp³-hybridized carbons (Fsp3) is 0.250. The molecule has 6 heteroatoms. The van der Waals surface area contributed by atoms with E-state index in [1.165, 1.54) is 29.8 Å². The Morgan fingerprint density at radius 1 is 1.07 bits per heavy atom. The molecule has 5 nitrogen and oxygen atoms in total. The van der Waals surface area contributed by atoms with Crippen molar-refractivity contribution in [2.45, 2.75) is 25.3 Å². The zero-order valence-electron chi connectivity index (χ0n) is 16.7. The molecule has 3 aromatic heterocycles. The molecule has 0 amide bonds. The molecule has 1 N–H and O–H groups in total. The van der Waals surface area contributed by atoms with Gasteiger partial charge in [-0.3, -0.25) is 10.00 Å². The van der Waals surface area contributed by atoms with Gasteiger partial charge in [-0.05, 0) is 61.3 Å². The van der Waals surface area contributed by atoms with Gasteiger partial charge in [-0.1, -0.05) is 29.8 Å². The van der Waals surface area contributed by atoms with Crippen LogP contribution in [-0.2, 0) is 6.54 Å². The SMILES string of the molecule is Clc1ccc(-c2cn[nH]c2[C@@H]2CCCN(Cc3cccn3-c3ccccn3)C2)cc1. The number of benzene rings is 1. The van der Waals surface area contributed by atoms with Crippen LogP contribution in [0.5, 0.6) is 0 Å². The first-order valence-corrected chi connectivity index (χ1v) is 10.7. The Morgan fingerprint density at radius 3 is 2.80 bits per heavy atom. The van der Waals surface area contributed by atoms with E-state index in [9.17, 15) is 0 Å². The molecule has 30 heavy (non-hydrogen) atoms. The molecule has 0 aliphatic carbocycles. The fourth-order valence-electron chi connectivity index (χ4n) is 4.40. The molecule has 1 atom stereocenters. The molecular weight excluding hydrogens is 394 g/mol. The van der Waals surface area contributed by atoms with Crippen LogP contribution in [0.4, 0.5) is 0 Å². The third-order valence-electron chi connectivity index (χ3n) is 5.85. The number of piperidine rings is 1. The van der Waals surface area contributed by atoms with Gasteiger partial charge in [-0.25, -0.2) is 4.98 Å². The number of nitrogens with one attached hydrogen (secondary N) is 1.